The van der Waals surface area contributed by atoms with Gasteiger partial charge >= 0.3 is 6.61 Å². The van der Waals surface area contributed by atoms with E-state index >= 15 is 0 Å². The smallest absolute Gasteiger partial charge is 0.387 e. The Morgan fingerprint density at radius 3 is 2.57 bits per heavy atom. The average molecular weight is 299 g/mol. The Hall–Kier alpha value is -2.57. The van der Waals surface area contributed by atoms with Crippen molar-refractivity contribution in [2.24, 2.45) is 0 Å². The monoisotopic (exact) mass is 299 g/mol. The van der Waals surface area contributed by atoms with Gasteiger partial charge in [0.25, 0.3) is 0 Å². The molecule has 2 aromatic carbocycles. The summed E-state index contributed by atoms with van der Waals surface area (Å²) < 4.78 is 41.5. The van der Waals surface area contributed by atoms with Gasteiger partial charge in [-0.2, -0.15) is 8.78 Å². The highest BCUT2D eigenvalue weighted by molar-refractivity contribution is 5.50. The van der Waals surface area contributed by atoms with E-state index in [0.717, 1.165) is 12.1 Å². The fraction of sp³-hybridized carbons (Fsp3) is 0.143. The van der Waals surface area contributed by atoms with Crippen LogP contribution in [0.3, 0.4) is 0 Å². The molecule has 0 aliphatic carbocycles. The summed E-state index contributed by atoms with van der Waals surface area (Å²) in [5, 5.41) is 21.7. The first-order valence-electron chi connectivity index (χ1n) is 5.95. The summed E-state index contributed by atoms with van der Waals surface area (Å²) in [6.07, 6.45) is 0. The van der Waals surface area contributed by atoms with Crippen LogP contribution in [0.4, 0.5) is 18.9 Å². The second kappa shape index (κ2) is 6.25. The van der Waals surface area contributed by atoms with E-state index < -0.39 is 18.2 Å². The molecule has 0 amide bonds. The van der Waals surface area contributed by atoms with E-state index in [-0.39, 0.29) is 18.0 Å². The number of benzene rings is 2. The minimum atomic E-state index is -3.09. The van der Waals surface area contributed by atoms with E-state index in [1.165, 1.54) is 12.1 Å². The summed E-state index contributed by atoms with van der Waals surface area (Å²) in [5.74, 6) is -2.01. The number of halogens is 3. The zero-order valence-corrected chi connectivity index (χ0v) is 10.7. The van der Waals surface area contributed by atoms with E-state index in [4.69, 9.17) is 0 Å². The molecule has 0 saturated carbocycles. The molecule has 3 N–H and O–H groups in total. The maximum Gasteiger partial charge on any atom is 0.387 e. The van der Waals surface area contributed by atoms with Gasteiger partial charge in [0.2, 0.25) is 0 Å². The average Bonchev–Trinajstić information content (AvgIpc) is 2.43. The lowest BCUT2D eigenvalue weighted by atomic mass is 10.2. The highest BCUT2D eigenvalue weighted by Crippen LogP contribution is 2.29. The number of para-hydroxylation sites is 1. The molecule has 21 heavy (non-hydrogen) atoms. The number of alkyl halides is 2. The van der Waals surface area contributed by atoms with Crippen molar-refractivity contribution in [2.75, 3.05) is 5.32 Å². The zero-order chi connectivity index (χ0) is 15.4. The van der Waals surface area contributed by atoms with Crippen molar-refractivity contribution >= 4 is 5.69 Å². The molecular formula is C14H12F3NO3. The van der Waals surface area contributed by atoms with E-state index in [2.05, 4.69) is 10.1 Å². The fourth-order valence-corrected chi connectivity index (χ4v) is 1.72. The van der Waals surface area contributed by atoms with Gasteiger partial charge in [0, 0.05) is 23.9 Å². The predicted octanol–water partition coefficient (Wildman–Crippen LogP) is 3.45. The van der Waals surface area contributed by atoms with Crippen LogP contribution >= 0.6 is 0 Å². The Kier molecular flexibility index (Phi) is 4.42. The van der Waals surface area contributed by atoms with Crippen LogP contribution in [-0.4, -0.2) is 16.8 Å². The molecule has 4 nitrogen and oxygen atoms in total. The molecule has 2 aromatic rings. The fourth-order valence-electron chi connectivity index (χ4n) is 1.72. The van der Waals surface area contributed by atoms with E-state index in [0.29, 0.717) is 11.3 Å². The lowest BCUT2D eigenvalue weighted by Gasteiger charge is -2.11. The van der Waals surface area contributed by atoms with Gasteiger partial charge in [-0.25, -0.2) is 4.39 Å². The van der Waals surface area contributed by atoms with Crippen LogP contribution in [0.1, 0.15) is 5.56 Å². The van der Waals surface area contributed by atoms with E-state index in [1.807, 2.05) is 0 Å². The topological polar surface area (TPSA) is 61.7 Å². The molecule has 0 aliphatic heterocycles. The third-order valence-corrected chi connectivity index (χ3v) is 2.73. The Labute approximate surface area is 118 Å². The van der Waals surface area contributed by atoms with E-state index in [9.17, 15) is 23.4 Å². The van der Waals surface area contributed by atoms with Gasteiger partial charge in [-0.15, -0.1) is 0 Å². The molecule has 0 aliphatic rings. The Bertz CT molecular complexity index is 635. The number of hydrogen-bond donors (Lipinski definition) is 3. The standard InChI is InChI=1S/C14H12F3NO3/c15-10-6-9(4-5-12(10)21-14(16)17)18-7-8-2-1-3-11(19)13(8)20/h1-6,14,18-20H,7H2. The van der Waals surface area contributed by atoms with E-state index in [1.54, 1.807) is 12.1 Å². The number of phenolic OH excluding ortho intramolecular Hbond substituents is 2. The molecule has 0 unspecified atom stereocenters. The van der Waals surface area contributed by atoms with Gasteiger partial charge < -0.3 is 20.3 Å². The van der Waals surface area contributed by atoms with Crippen LogP contribution in [0.2, 0.25) is 0 Å². The lowest BCUT2D eigenvalue weighted by Crippen LogP contribution is -2.05. The highest BCUT2D eigenvalue weighted by Gasteiger charge is 2.11. The van der Waals surface area contributed by atoms with Crippen LogP contribution in [0.15, 0.2) is 36.4 Å². The van der Waals surface area contributed by atoms with Crippen LogP contribution < -0.4 is 10.1 Å². The minimum Gasteiger partial charge on any atom is -0.504 e. The van der Waals surface area contributed by atoms with Crippen molar-refractivity contribution in [3.63, 3.8) is 0 Å². The number of hydrogen-bond acceptors (Lipinski definition) is 4. The Morgan fingerprint density at radius 1 is 1.14 bits per heavy atom. The molecule has 0 atom stereocenters. The highest BCUT2D eigenvalue weighted by atomic mass is 19.3. The summed E-state index contributed by atoms with van der Waals surface area (Å²) in [7, 11) is 0. The van der Waals surface area contributed by atoms with Crippen LogP contribution in [0, 0.1) is 5.82 Å². The first-order valence-corrected chi connectivity index (χ1v) is 5.95. The van der Waals surface area contributed by atoms with Crippen molar-refractivity contribution in [1.29, 1.82) is 0 Å². The summed E-state index contributed by atoms with van der Waals surface area (Å²) in [6.45, 7) is -2.98. The molecule has 0 radical (unpaired) electrons. The lowest BCUT2D eigenvalue weighted by molar-refractivity contribution is -0.0521. The van der Waals surface area contributed by atoms with Gasteiger partial charge in [-0.1, -0.05) is 12.1 Å². The normalized spacial score (nSPS) is 10.7. The number of aromatic hydroxyl groups is 2. The van der Waals surface area contributed by atoms with Gasteiger partial charge in [-0.05, 0) is 18.2 Å². The SMILES string of the molecule is Oc1cccc(CNc2ccc(OC(F)F)c(F)c2)c1O. The molecule has 112 valence electrons. The van der Waals surface area contributed by atoms with Gasteiger partial charge in [-0.3, -0.25) is 0 Å². The molecular weight excluding hydrogens is 287 g/mol. The molecule has 0 heterocycles. The second-order valence-corrected chi connectivity index (χ2v) is 4.16. The second-order valence-electron chi connectivity index (χ2n) is 4.16. The number of ether oxygens (including phenoxy) is 1. The van der Waals surface area contributed by atoms with Crippen molar-refractivity contribution in [3.8, 4) is 17.2 Å². The minimum absolute atomic E-state index is 0.120. The molecule has 0 saturated heterocycles. The molecule has 7 heteroatoms. The van der Waals surface area contributed by atoms with Crippen molar-refractivity contribution in [1.82, 2.24) is 0 Å². The summed E-state index contributed by atoms with van der Waals surface area (Å²) in [6, 6.07) is 7.89. The van der Waals surface area contributed by atoms with Gasteiger partial charge in [0.05, 0.1) is 0 Å². The third kappa shape index (κ3) is 3.71. The molecule has 2 rings (SSSR count). The van der Waals surface area contributed by atoms with Crippen molar-refractivity contribution in [2.45, 2.75) is 13.2 Å². The quantitative estimate of drug-likeness (QED) is 0.740. The molecule has 0 fully saturated rings. The zero-order valence-electron chi connectivity index (χ0n) is 10.7. The Balaban J connectivity index is 2.07. The maximum atomic E-state index is 13.5. The summed E-state index contributed by atoms with van der Waals surface area (Å²) in [5.41, 5.74) is 0.722. The summed E-state index contributed by atoms with van der Waals surface area (Å²) in [4.78, 5) is 0. The maximum absolute atomic E-state index is 13.5. The number of nitrogens with one attached hydrogen (secondary N) is 1. The molecule has 0 spiro atoms. The first kappa shape index (κ1) is 14.8. The first-order chi connectivity index (χ1) is 9.97. The largest absolute Gasteiger partial charge is 0.504 e. The van der Waals surface area contributed by atoms with Crippen LogP contribution in [0.5, 0.6) is 17.2 Å². The number of anilines is 1. The van der Waals surface area contributed by atoms with Crippen LogP contribution in [-0.2, 0) is 6.54 Å². The number of rotatable bonds is 5. The van der Waals surface area contributed by atoms with Gasteiger partial charge in [0.15, 0.2) is 23.1 Å². The van der Waals surface area contributed by atoms with Gasteiger partial charge in [0.1, 0.15) is 0 Å². The molecule has 0 aromatic heterocycles. The van der Waals surface area contributed by atoms with Crippen molar-refractivity contribution in [3.05, 3.63) is 47.8 Å². The Morgan fingerprint density at radius 2 is 1.90 bits per heavy atom. The number of phenols is 2. The summed E-state index contributed by atoms with van der Waals surface area (Å²) >= 11 is 0. The van der Waals surface area contributed by atoms with Crippen LogP contribution in [0.25, 0.3) is 0 Å². The predicted molar refractivity (Wildman–Crippen MR) is 70.1 cm³/mol. The third-order valence-electron chi connectivity index (χ3n) is 2.73. The molecule has 0 bridgehead atoms. The van der Waals surface area contributed by atoms with Crippen molar-refractivity contribution < 1.29 is 28.1 Å².